The number of carbonyl (C=O) groups is 1. The number of phosphoric acid groups is 1. The Morgan fingerprint density at radius 3 is 2.57 bits per heavy atom. The van der Waals surface area contributed by atoms with Gasteiger partial charge in [-0.3, -0.25) is 9.42 Å². The molecular weight excluding hydrogens is 217 g/mol. The van der Waals surface area contributed by atoms with Crippen molar-refractivity contribution in [2.24, 2.45) is 5.73 Å². The molecule has 0 aliphatic carbocycles. The molecule has 8 nitrogen and oxygen atoms in total. The summed E-state index contributed by atoms with van der Waals surface area (Å²) in [7, 11) is -4.53. The summed E-state index contributed by atoms with van der Waals surface area (Å²) in [6.45, 7) is -1.20. The second kappa shape index (κ2) is 6.07. The average molecular weight is 229 g/mol. The van der Waals surface area contributed by atoms with Crippen LogP contribution >= 0.6 is 7.82 Å². The Bertz CT molecular complexity index is 232. The van der Waals surface area contributed by atoms with E-state index in [-0.39, 0.29) is 13.2 Å². The van der Waals surface area contributed by atoms with Gasteiger partial charge >= 0.3 is 13.8 Å². The Balaban J connectivity index is 4.08. The van der Waals surface area contributed by atoms with E-state index in [1.165, 1.54) is 0 Å². The van der Waals surface area contributed by atoms with Crippen molar-refractivity contribution in [3.8, 4) is 0 Å². The fourth-order valence-corrected chi connectivity index (χ4v) is 1.18. The van der Waals surface area contributed by atoms with E-state index in [1.54, 1.807) is 0 Å². The van der Waals surface area contributed by atoms with Crippen molar-refractivity contribution in [1.82, 2.24) is 0 Å². The molecule has 0 rings (SSSR count). The third kappa shape index (κ3) is 5.28. The van der Waals surface area contributed by atoms with Crippen LogP contribution in [0.3, 0.4) is 0 Å². The van der Waals surface area contributed by atoms with Gasteiger partial charge in [0.1, 0.15) is 0 Å². The van der Waals surface area contributed by atoms with Crippen LogP contribution in [0.25, 0.3) is 0 Å². The van der Waals surface area contributed by atoms with Gasteiger partial charge in [0.05, 0.1) is 13.2 Å². The molecule has 0 aromatic rings. The lowest BCUT2D eigenvalue weighted by Gasteiger charge is -2.12. The minimum atomic E-state index is -4.53. The normalized spacial score (nSPS) is 17.1. The molecule has 0 aliphatic rings. The van der Waals surface area contributed by atoms with Gasteiger partial charge in [-0.1, -0.05) is 0 Å². The summed E-state index contributed by atoms with van der Waals surface area (Å²) in [6, 6.07) is 0. The summed E-state index contributed by atoms with van der Waals surface area (Å²) < 4.78 is 18.9. The number of hydrogen-bond acceptors (Lipinski definition) is 7. The van der Waals surface area contributed by atoms with Crippen LogP contribution < -0.4 is 5.73 Å². The molecule has 0 saturated carbocycles. The lowest BCUT2D eigenvalue weighted by Crippen LogP contribution is -2.26. The maximum atomic E-state index is 10.8. The molecule has 5 N–H and O–H groups in total. The number of carbonyl (C=O) groups excluding carboxylic acids is 1. The maximum absolute atomic E-state index is 10.8. The second-order valence-corrected chi connectivity index (χ2v) is 3.58. The van der Waals surface area contributed by atoms with E-state index in [2.05, 4.69) is 9.05 Å². The summed E-state index contributed by atoms with van der Waals surface area (Å²) in [4.78, 5) is 19.5. The zero-order valence-corrected chi connectivity index (χ0v) is 8.09. The van der Waals surface area contributed by atoms with Crippen molar-refractivity contribution in [1.29, 1.82) is 0 Å². The summed E-state index contributed by atoms with van der Waals surface area (Å²) in [6.07, 6.45) is -1.86. The van der Waals surface area contributed by atoms with Gasteiger partial charge in [0.15, 0.2) is 6.10 Å². The highest BCUT2D eigenvalue weighted by Crippen LogP contribution is 2.43. The van der Waals surface area contributed by atoms with Crippen molar-refractivity contribution in [2.75, 3.05) is 19.8 Å². The fourth-order valence-electron chi connectivity index (χ4n) is 0.443. The Morgan fingerprint density at radius 1 is 1.57 bits per heavy atom. The monoisotopic (exact) mass is 229 g/mol. The minimum Gasteiger partial charge on any atom is -0.393 e. The van der Waals surface area contributed by atoms with E-state index in [4.69, 9.17) is 20.8 Å². The Kier molecular flexibility index (Phi) is 5.86. The number of aliphatic hydroxyl groups is 2. The van der Waals surface area contributed by atoms with Crippen LogP contribution in [0.4, 0.5) is 0 Å². The number of phosphoric ester groups is 1. The van der Waals surface area contributed by atoms with Crippen molar-refractivity contribution in [2.45, 2.75) is 6.10 Å². The molecule has 84 valence electrons. The van der Waals surface area contributed by atoms with Gasteiger partial charge in [-0.2, -0.15) is 0 Å². The quantitative estimate of drug-likeness (QED) is 0.382. The molecule has 9 heteroatoms. The molecule has 2 atom stereocenters. The van der Waals surface area contributed by atoms with Crippen molar-refractivity contribution in [3.05, 3.63) is 0 Å². The SMILES string of the molecule is NCCOP(=O)(O)OC(=O)C(O)CO. The van der Waals surface area contributed by atoms with Gasteiger partial charge in [0.25, 0.3) is 0 Å². The van der Waals surface area contributed by atoms with Crippen LogP contribution in [0, 0.1) is 0 Å². The van der Waals surface area contributed by atoms with Gasteiger partial charge in [-0.25, -0.2) is 9.36 Å². The van der Waals surface area contributed by atoms with E-state index in [1.807, 2.05) is 0 Å². The highest BCUT2D eigenvalue weighted by Gasteiger charge is 2.29. The third-order valence-electron chi connectivity index (χ3n) is 1.02. The highest BCUT2D eigenvalue weighted by molar-refractivity contribution is 7.48. The van der Waals surface area contributed by atoms with Crippen LogP contribution in [0.2, 0.25) is 0 Å². The Hall–Kier alpha value is -0.500. The Labute approximate surface area is 79.9 Å². The molecule has 0 bridgehead atoms. The van der Waals surface area contributed by atoms with E-state index in [9.17, 15) is 9.36 Å². The van der Waals surface area contributed by atoms with Gasteiger partial charge in [0.2, 0.25) is 0 Å². The van der Waals surface area contributed by atoms with E-state index < -0.39 is 26.5 Å². The minimum absolute atomic E-state index is 0.0232. The fraction of sp³-hybridized carbons (Fsp3) is 0.800. The zero-order chi connectivity index (χ0) is 11.2. The lowest BCUT2D eigenvalue weighted by atomic mass is 10.4. The molecule has 0 radical (unpaired) electrons. The van der Waals surface area contributed by atoms with Crippen molar-refractivity contribution in [3.63, 3.8) is 0 Å². The Morgan fingerprint density at radius 2 is 2.14 bits per heavy atom. The molecule has 14 heavy (non-hydrogen) atoms. The first-order chi connectivity index (χ1) is 6.43. The van der Waals surface area contributed by atoms with E-state index >= 15 is 0 Å². The summed E-state index contributed by atoms with van der Waals surface area (Å²) in [5.41, 5.74) is 4.97. The summed E-state index contributed by atoms with van der Waals surface area (Å²) in [5.74, 6) is -1.43. The van der Waals surface area contributed by atoms with Crippen molar-refractivity contribution < 1.29 is 33.5 Å². The standard InChI is InChI=1S/C5H12NO7P/c6-1-2-12-14(10,11)13-5(9)4(8)3-7/h4,7-8H,1-3,6H2,(H,10,11). The zero-order valence-electron chi connectivity index (χ0n) is 7.20. The first-order valence-electron chi connectivity index (χ1n) is 3.62. The number of nitrogens with two attached hydrogens (primary N) is 1. The predicted molar refractivity (Wildman–Crippen MR) is 44.0 cm³/mol. The van der Waals surface area contributed by atoms with Crippen molar-refractivity contribution >= 4 is 13.8 Å². The smallest absolute Gasteiger partial charge is 0.393 e. The third-order valence-corrected chi connectivity index (χ3v) is 1.94. The van der Waals surface area contributed by atoms with Crippen LogP contribution in [-0.2, 0) is 18.4 Å². The molecule has 0 fully saturated rings. The molecule has 2 unspecified atom stereocenters. The van der Waals surface area contributed by atoms with Crippen LogP contribution in [-0.4, -0.2) is 46.9 Å². The molecule has 0 heterocycles. The second-order valence-electron chi connectivity index (χ2n) is 2.20. The molecule has 0 aromatic carbocycles. The molecule has 0 aliphatic heterocycles. The first-order valence-corrected chi connectivity index (χ1v) is 5.12. The molecule has 0 saturated heterocycles. The number of hydrogen-bond donors (Lipinski definition) is 4. The first kappa shape index (κ1) is 13.5. The van der Waals surface area contributed by atoms with E-state index in [0.29, 0.717) is 0 Å². The van der Waals surface area contributed by atoms with Gasteiger partial charge in [0, 0.05) is 6.54 Å². The summed E-state index contributed by atoms with van der Waals surface area (Å²) >= 11 is 0. The topological polar surface area (TPSA) is 139 Å². The van der Waals surface area contributed by atoms with Gasteiger partial charge in [-0.15, -0.1) is 0 Å². The molecule has 0 amide bonds. The number of aliphatic hydroxyl groups excluding tert-OH is 2. The van der Waals surface area contributed by atoms with E-state index in [0.717, 1.165) is 0 Å². The number of rotatable bonds is 6. The van der Waals surface area contributed by atoms with Gasteiger partial charge in [-0.05, 0) is 0 Å². The molecule has 0 aromatic heterocycles. The largest absolute Gasteiger partial charge is 0.529 e. The predicted octanol–water partition coefficient (Wildman–Crippen LogP) is -2.04. The average Bonchev–Trinajstić information content (AvgIpc) is 2.12. The highest BCUT2D eigenvalue weighted by atomic mass is 31.2. The van der Waals surface area contributed by atoms with Crippen LogP contribution in [0.15, 0.2) is 0 Å². The van der Waals surface area contributed by atoms with Gasteiger partial charge < -0.3 is 20.5 Å². The van der Waals surface area contributed by atoms with Crippen LogP contribution in [0.1, 0.15) is 0 Å². The lowest BCUT2D eigenvalue weighted by molar-refractivity contribution is -0.147. The summed E-state index contributed by atoms with van der Waals surface area (Å²) in [5, 5.41) is 17.0. The van der Waals surface area contributed by atoms with Crippen LogP contribution in [0.5, 0.6) is 0 Å². The molecule has 0 spiro atoms. The molecular formula is C5H12NO7P. The maximum Gasteiger partial charge on any atom is 0.529 e.